The van der Waals surface area contributed by atoms with E-state index in [1.54, 1.807) is 0 Å². The highest BCUT2D eigenvalue weighted by Gasteiger charge is 2.37. The van der Waals surface area contributed by atoms with Crippen molar-refractivity contribution in [2.24, 2.45) is 0 Å². The monoisotopic (exact) mass is 652 g/mol. The first kappa shape index (κ1) is 31.1. The third-order valence-electron chi connectivity index (χ3n) is 9.28. The van der Waals surface area contributed by atoms with Gasteiger partial charge in [-0.25, -0.2) is 11.0 Å². The van der Waals surface area contributed by atoms with Crippen molar-refractivity contribution in [2.75, 3.05) is 44.7 Å². The van der Waals surface area contributed by atoms with Gasteiger partial charge in [0.2, 0.25) is 6.54 Å². The quantitative estimate of drug-likeness (QED) is 0.179. The number of benzene rings is 3. The van der Waals surface area contributed by atoms with E-state index in [2.05, 4.69) is 29.4 Å². The molecule has 0 bridgehead atoms. The molecule has 1 fully saturated rings. The summed E-state index contributed by atoms with van der Waals surface area (Å²) in [6, 6.07) is 17.7. The van der Waals surface area contributed by atoms with Gasteiger partial charge in [-0.1, -0.05) is 60.6 Å². The Morgan fingerprint density at radius 1 is 1.13 bits per heavy atom. The summed E-state index contributed by atoms with van der Waals surface area (Å²) in [4.78, 5) is 31.7. The number of amides is 1. The van der Waals surface area contributed by atoms with Gasteiger partial charge in [0.05, 0.1) is 18.4 Å². The summed E-state index contributed by atoms with van der Waals surface area (Å²) in [5, 5.41) is 2.65. The van der Waals surface area contributed by atoms with Crippen LogP contribution in [-0.4, -0.2) is 71.5 Å². The van der Waals surface area contributed by atoms with Gasteiger partial charge in [-0.05, 0) is 42.1 Å². The van der Waals surface area contributed by atoms with E-state index < -0.39 is 17.8 Å². The van der Waals surface area contributed by atoms with Gasteiger partial charge in [0.25, 0.3) is 5.91 Å². The van der Waals surface area contributed by atoms with Crippen LogP contribution in [0.25, 0.3) is 15.6 Å². The minimum atomic E-state index is -1.03. The number of ether oxygens (including phenoxy) is 2. The minimum absolute atomic E-state index is 0.0250. The molecule has 3 aliphatic heterocycles. The van der Waals surface area contributed by atoms with Crippen LogP contribution in [0, 0.1) is 6.57 Å². The number of carbonyl (C=O) groups excluding carboxylic acids is 1. The standard InChI is InChI=1S/C36H34ClFN6O3/c1-22(38)35(45)44-16-15-43(20-25(44)18-39-2)34-28-21-46-32(27-10-4-7-23-8-5-11-29(37)33(23)27)17-30(28)40-36(41-34)47-31-12-6-9-24-19-42(3)14-13-26(24)31/h4-12,25,32H,1,13-21H2,3H3/t25-,32?/m0/s1. The van der Waals surface area contributed by atoms with Gasteiger partial charge >= 0.3 is 6.01 Å². The van der Waals surface area contributed by atoms with Crippen LogP contribution in [0.15, 0.2) is 67.0 Å². The molecular formula is C36H34ClFN6O3. The molecule has 1 unspecified atom stereocenters. The Morgan fingerprint density at radius 3 is 2.74 bits per heavy atom. The average molecular weight is 653 g/mol. The molecule has 7 rings (SSSR count). The van der Waals surface area contributed by atoms with Crippen molar-refractivity contribution in [3.8, 4) is 11.8 Å². The van der Waals surface area contributed by atoms with E-state index in [1.165, 1.54) is 10.5 Å². The number of piperazine rings is 1. The molecule has 0 saturated carbocycles. The van der Waals surface area contributed by atoms with Crippen LogP contribution in [-0.2, 0) is 35.5 Å². The minimum Gasteiger partial charge on any atom is -0.424 e. The molecule has 1 saturated heterocycles. The second-order valence-electron chi connectivity index (χ2n) is 12.3. The fourth-order valence-corrected chi connectivity index (χ4v) is 7.26. The second kappa shape index (κ2) is 12.9. The third kappa shape index (κ3) is 6.02. The van der Waals surface area contributed by atoms with Crippen molar-refractivity contribution in [3.05, 3.63) is 111 Å². The lowest BCUT2D eigenvalue weighted by Gasteiger charge is -2.40. The molecule has 3 aliphatic rings. The number of hydrogen-bond acceptors (Lipinski definition) is 7. The molecule has 47 heavy (non-hydrogen) atoms. The van der Waals surface area contributed by atoms with Crippen LogP contribution in [0.1, 0.15) is 34.1 Å². The summed E-state index contributed by atoms with van der Waals surface area (Å²) in [5.74, 6) is -0.459. The third-order valence-corrected chi connectivity index (χ3v) is 9.60. The van der Waals surface area contributed by atoms with Crippen molar-refractivity contribution in [2.45, 2.75) is 38.1 Å². The van der Waals surface area contributed by atoms with Gasteiger partial charge in [-0.3, -0.25) is 4.79 Å². The summed E-state index contributed by atoms with van der Waals surface area (Å²) in [5.41, 5.74) is 4.97. The first-order chi connectivity index (χ1) is 22.8. The van der Waals surface area contributed by atoms with Crippen molar-refractivity contribution in [1.82, 2.24) is 19.8 Å². The van der Waals surface area contributed by atoms with Gasteiger partial charge in [0.1, 0.15) is 17.6 Å². The van der Waals surface area contributed by atoms with Gasteiger partial charge in [-0.15, -0.1) is 0 Å². The van der Waals surface area contributed by atoms with E-state index in [0.717, 1.165) is 58.4 Å². The first-order valence-electron chi connectivity index (χ1n) is 15.7. The maximum Gasteiger partial charge on any atom is 0.324 e. The Balaban J connectivity index is 1.28. The Hall–Kier alpha value is -4.56. The van der Waals surface area contributed by atoms with Crippen LogP contribution in [0.3, 0.4) is 0 Å². The van der Waals surface area contributed by atoms with Crippen LogP contribution in [0.4, 0.5) is 10.2 Å². The molecule has 0 N–H and O–H groups in total. The molecule has 9 nitrogen and oxygen atoms in total. The Morgan fingerprint density at radius 2 is 1.94 bits per heavy atom. The van der Waals surface area contributed by atoms with Gasteiger partial charge in [0.15, 0.2) is 5.83 Å². The lowest BCUT2D eigenvalue weighted by atomic mass is 9.94. The van der Waals surface area contributed by atoms with Crippen LogP contribution < -0.4 is 9.64 Å². The van der Waals surface area contributed by atoms with Crippen LogP contribution >= 0.6 is 11.6 Å². The van der Waals surface area contributed by atoms with E-state index in [4.69, 9.17) is 37.6 Å². The highest BCUT2D eigenvalue weighted by atomic mass is 35.5. The highest BCUT2D eigenvalue weighted by molar-refractivity contribution is 6.35. The largest absolute Gasteiger partial charge is 0.424 e. The summed E-state index contributed by atoms with van der Waals surface area (Å²) < 4.78 is 26.9. The fourth-order valence-electron chi connectivity index (χ4n) is 6.97. The van der Waals surface area contributed by atoms with Crippen molar-refractivity contribution in [1.29, 1.82) is 0 Å². The van der Waals surface area contributed by atoms with E-state index in [1.807, 2.05) is 53.4 Å². The smallest absolute Gasteiger partial charge is 0.324 e. The summed E-state index contributed by atoms with van der Waals surface area (Å²) in [7, 11) is 2.11. The SMILES string of the molecule is [C-]#[N+]C[C@H]1CN(c2nc(Oc3cccc4c3CCN(C)C4)nc3c2COC(c2cccc4cccc(Cl)c24)C3)CCN1C(=O)C(=C)F. The van der Waals surface area contributed by atoms with Crippen molar-refractivity contribution < 1.29 is 18.7 Å². The van der Waals surface area contributed by atoms with Crippen molar-refractivity contribution >= 4 is 34.1 Å². The van der Waals surface area contributed by atoms with E-state index in [-0.39, 0.29) is 31.8 Å². The topological polar surface area (TPSA) is 75.4 Å². The van der Waals surface area contributed by atoms with E-state index >= 15 is 0 Å². The molecule has 1 aromatic heterocycles. The first-order valence-corrected chi connectivity index (χ1v) is 16.1. The zero-order chi connectivity index (χ0) is 32.7. The van der Waals surface area contributed by atoms with Crippen LogP contribution in [0.2, 0.25) is 5.02 Å². The Kier molecular flexibility index (Phi) is 8.53. The number of carbonyl (C=O) groups is 1. The van der Waals surface area contributed by atoms with E-state index in [9.17, 15) is 9.18 Å². The zero-order valence-electron chi connectivity index (χ0n) is 26.1. The van der Waals surface area contributed by atoms with Gasteiger partial charge < -0.3 is 29.0 Å². The molecule has 0 radical (unpaired) electrons. The second-order valence-corrected chi connectivity index (χ2v) is 12.7. The van der Waals surface area contributed by atoms with Gasteiger partial charge in [-0.2, -0.15) is 9.97 Å². The normalized spacial score (nSPS) is 19.5. The molecule has 2 atom stereocenters. The summed E-state index contributed by atoms with van der Waals surface area (Å²) in [6.07, 6.45) is 1.02. The fraction of sp³-hybridized carbons (Fsp3) is 0.333. The molecule has 4 heterocycles. The number of halogens is 2. The predicted molar refractivity (Wildman–Crippen MR) is 178 cm³/mol. The van der Waals surface area contributed by atoms with Crippen molar-refractivity contribution in [3.63, 3.8) is 0 Å². The lowest BCUT2D eigenvalue weighted by molar-refractivity contribution is -0.131. The summed E-state index contributed by atoms with van der Waals surface area (Å²) in [6.45, 7) is 13.6. The number of hydrogen-bond donors (Lipinski definition) is 0. The molecule has 0 aliphatic carbocycles. The molecule has 11 heteroatoms. The highest BCUT2D eigenvalue weighted by Crippen LogP contribution is 2.40. The molecule has 4 aromatic rings. The maximum absolute atomic E-state index is 13.9. The number of aromatic nitrogens is 2. The molecule has 3 aromatic carbocycles. The number of rotatable bonds is 6. The zero-order valence-corrected chi connectivity index (χ0v) is 26.8. The lowest BCUT2D eigenvalue weighted by Crippen LogP contribution is -2.57. The predicted octanol–water partition coefficient (Wildman–Crippen LogP) is 6.30. The molecule has 240 valence electrons. The Bertz CT molecular complexity index is 1920. The summed E-state index contributed by atoms with van der Waals surface area (Å²) >= 11 is 6.70. The number of likely N-dealkylation sites (N-methyl/N-ethyl adjacent to an activating group) is 1. The maximum atomic E-state index is 13.9. The molecular weight excluding hydrogens is 619 g/mol. The van der Waals surface area contributed by atoms with Crippen LogP contribution in [0.5, 0.6) is 11.8 Å². The number of fused-ring (bicyclic) bond motifs is 3. The van der Waals surface area contributed by atoms with Gasteiger partial charge in [0, 0.05) is 60.7 Å². The number of nitrogens with zero attached hydrogens (tertiary/aromatic N) is 6. The molecule has 0 spiro atoms. The number of anilines is 1. The molecule has 1 amide bonds. The Labute approximate surface area is 278 Å². The average Bonchev–Trinajstić information content (AvgIpc) is 3.07. The van der Waals surface area contributed by atoms with E-state index in [0.29, 0.717) is 30.4 Å².